The minimum Gasteiger partial charge on any atom is -0.481 e. The number of carboxylic acid groups (broad SMARTS) is 1. The Kier molecular flexibility index (Phi) is 9.63. The number of carbonyl (C=O) groups is 3. The van der Waals surface area contributed by atoms with Gasteiger partial charge in [0.2, 0.25) is 0 Å². The Balaban J connectivity index is 1.47. The fourth-order valence-corrected chi connectivity index (χ4v) is 5.28. The summed E-state index contributed by atoms with van der Waals surface area (Å²) in [5.41, 5.74) is 6.47. The summed E-state index contributed by atoms with van der Waals surface area (Å²) < 4.78 is 0. The smallest absolute Gasteiger partial charge is 0.305 e. The molecule has 1 unspecified atom stereocenters. The molecule has 3 N–H and O–H groups in total. The molecule has 0 radical (unpaired) electrons. The Morgan fingerprint density at radius 1 is 0.723 bits per heavy atom. The zero-order valence-electron chi connectivity index (χ0n) is 26.5. The average Bonchev–Trinajstić information content (AvgIpc) is 3.08. The minimum absolute atomic E-state index is 0.0735. The molecule has 0 bridgehead atoms. The molecule has 2 amide bonds. The highest BCUT2D eigenvalue weighted by Gasteiger charge is 2.23. The van der Waals surface area contributed by atoms with Crippen LogP contribution in [-0.2, 0) is 10.2 Å². The number of nitrogens with zero attached hydrogens (tertiary/aromatic N) is 1. The van der Waals surface area contributed by atoms with Crippen LogP contribution >= 0.6 is 0 Å². The third-order valence-corrected chi connectivity index (χ3v) is 7.98. The third-order valence-electron chi connectivity index (χ3n) is 7.98. The van der Waals surface area contributed by atoms with E-state index in [9.17, 15) is 24.8 Å². The largest absolute Gasteiger partial charge is 0.481 e. The van der Waals surface area contributed by atoms with Gasteiger partial charge in [-0.3, -0.25) is 14.4 Å². The monoisotopic (exact) mass is 621 g/mol. The Hall–Kier alpha value is -6.00. The highest BCUT2D eigenvalue weighted by atomic mass is 16.4. The van der Waals surface area contributed by atoms with E-state index >= 15 is 0 Å². The van der Waals surface area contributed by atoms with Gasteiger partial charge in [-0.1, -0.05) is 106 Å². The molecule has 7 heteroatoms. The lowest BCUT2D eigenvalue weighted by molar-refractivity contribution is -0.137. The van der Waals surface area contributed by atoms with Crippen molar-refractivity contribution in [3.8, 4) is 28.3 Å². The van der Waals surface area contributed by atoms with Crippen molar-refractivity contribution < 1.29 is 19.5 Å². The van der Waals surface area contributed by atoms with E-state index in [4.69, 9.17) is 0 Å². The van der Waals surface area contributed by atoms with Gasteiger partial charge in [-0.25, -0.2) is 0 Å². The van der Waals surface area contributed by atoms with Gasteiger partial charge in [0.1, 0.15) is 0 Å². The number of nitriles is 1. The lowest BCUT2D eigenvalue weighted by atomic mass is 9.86. The van der Waals surface area contributed by atoms with Crippen molar-refractivity contribution in [2.24, 2.45) is 0 Å². The van der Waals surface area contributed by atoms with Crippen LogP contribution in [0.15, 0.2) is 121 Å². The summed E-state index contributed by atoms with van der Waals surface area (Å²) in [6.07, 6.45) is -0.340. The highest BCUT2D eigenvalue weighted by Crippen LogP contribution is 2.29. The maximum Gasteiger partial charge on any atom is 0.305 e. The van der Waals surface area contributed by atoms with Crippen LogP contribution < -0.4 is 10.6 Å². The van der Waals surface area contributed by atoms with Gasteiger partial charge in [-0.15, -0.1) is 0 Å². The van der Waals surface area contributed by atoms with E-state index in [-0.39, 0.29) is 29.0 Å². The summed E-state index contributed by atoms with van der Waals surface area (Å²) in [5, 5.41) is 24.7. The SMILES string of the molecule is CC(C)(C)c1ccc(C(=O)Nc2ccc(-c3ccc(C#N)cc3)cc2C(=O)NC(CC(=O)O)c2ccc(-c3ccccc3)cc2)cc1. The number of aliphatic carboxylic acids is 1. The van der Waals surface area contributed by atoms with E-state index in [1.807, 2.05) is 66.7 Å². The molecule has 0 aliphatic heterocycles. The summed E-state index contributed by atoms with van der Waals surface area (Å²) in [4.78, 5) is 39.2. The van der Waals surface area contributed by atoms with Crippen molar-refractivity contribution in [2.45, 2.75) is 38.6 Å². The molecule has 0 aromatic heterocycles. The van der Waals surface area contributed by atoms with Crippen molar-refractivity contribution in [2.75, 3.05) is 5.32 Å². The molecular weight excluding hydrogens is 586 g/mol. The van der Waals surface area contributed by atoms with Crippen LogP contribution in [0.2, 0.25) is 0 Å². The van der Waals surface area contributed by atoms with Crippen molar-refractivity contribution in [3.05, 3.63) is 149 Å². The molecule has 234 valence electrons. The predicted molar refractivity (Wildman–Crippen MR) is 184 cm³/mol. The number of anilines is 1. The maximum absolute atomic E-state index is 14.0. The Morgan fingerprint density at radius 3 is 1.89 bits per heavy atom. The second-order valence-corrected chi connectivity index (χ2v) is 12.3. The maximum atomic E-state index is 14.0. The van der Waals surface area contributed by atoms with Crippen molar-refractivity contribution in [1.82, 2.24) is 5.32 Å². The van der Waals surface area contributed by atoms with Crippen LogP contribution in [0.4, 0.5) is 5.69 Å². The van der Waals surface area contributed by atoms with Gasteiger partial charge in [0.25, 0.3) is 11.8 Å². The number of hydrogen-bond acceptors (Lipinski definition) is 4. The van der Waals surface area contributed by atoms with Gasteiger partial charge in [0.15, 0.2) is 0 Å². The predicted octanol–water partition coefficient (Wildman–Crippen LogP) is 8.39. The molecule has 0 heterocycles. The summed E-state index contributed by atoms with van der Waals surface area (Å²) >= 11 is 0. The van der Waals surface area contributed by atoms with Crippen LogP contribution in [0.1, 0.15) is 70.6 Å². The Bertz CT molecular complexity index is 1940. The first kappa shape index (κ1) is 32.4. The molecule has 0 saturated heterocycles. The highest BCUT2D eigenvalue weighted by molar-refractivity contribution is 6.09. The first-order chi connectivity index (χ1) is 22.5. The summed E-state index contributed by atoms with van der Waals surface area (Å²) in [6.45, 7) is 6.28. The number of carboxylic acids is 1. The molecular formula is C40H35N3O4. The lowest BCUT2D eigenvalue weighted by Gasteiger charge is -2.20. The Morgan fingerprint density at radius 2 is 1.30 bits per heavy atom. The first-order valence-electron chi connectivity index (χ1n) is 15.3. The minimum atomic E-state index is -1.07. The van der Waals surface area contributed by atoms with E-state index < -0.39 is 17.9 Å². The molecule has 1 atom stereocenters. The molecule has 0 saturated carbocycles. The van der Waals surface area contributed by atoms with Gasteiger partial charge in [-0.2, -0.15) is 5.26 Å². The number of hydrogen-bond donors (Lipinski definition) is 3. The molecule has 0 aliphatic rings. The van der Waals surface area contributed by atoms with E-state index in [1.54, 1.807) is 54.6 Å². The number of rotatable bonds is 9. The number of carbonyl (C=O) groups excluding carboxylic acids is 2. The number of nitrogens with one attached hydrogen (secondary N) is 2. The quantitative estimate of drug-likeness (QED) is 0.153. The average molecular weight is 622 g/mol. The molecule has 0 fully saturated rings. The van der Waals surface area contributed by atoms with Crippen molar-refractivity contribution >= 4 is 23.5 Å². The number of benzene rings is 5. The normalized spacial score (nSPS) is 11.6. The standard InChI is InChI=1S/C40H35N3O4/c1-40(2,3)33-20-17-31(18-21-33)38(46)42-35-22-19-32(29-11-9-26(25-41)10-12-29)23-34(35)39(47)43-36(24-37(44)45)30-15-13-28(14-16-30)27-7-5-4-6-8-27/h4-23,36H,24H2,1-3H3,(H,42,46)(H,43,47)(H,44,45). The van der Waals surface area contributed by atoms with E-state index in [1.165, 1.54) is 0 Å². The topological polar surface area (TPSA) is 119 Å². The van der Waals surface area contributed by atoms with Gasteiger partial charge < -0.3 is 15.7 Å². The first-order valence-corrected chi connectivity index (χ1v) is 15.3. The molecule has 5 aromatic carbocycles. The summed E-state index contributed by atoms with van der Waals surface area (Å²) in [5.74, 6) is -2.00. The van der Waals surface area contributed by atoms with Crippen LogP contribution in [0.25, 0.3) is 22.3 Å². The van der Waals surface area contributed by atoms with Crippen molar-refractivity contribution in [3.63, 3.8) is 0 Å². The second kappa shape index (κ2) is 14.0. The van der Waals surface area contributed by atoms with Gasteiger partial charge in [0.05, 0.1) is 35.3 Å². The number of amides is 2. The molecule has 0 aliphatic carbocycles. The lowest BCUT2D eigenvalue weighted by Crippen LogP contribution is -2.31. The van der Waals surface area contributed by atoms with E-state index in [0.717, 1.165) is 22.3 Å². The Labute approximate surface area is 274 Å². The second-order valence-electron chi connectivity index (χ2n) is 12.3. The molecule has 5 rings (SSSR count). The molecule has 5 aromatic rings. The summed E-state index contributed by atoms with van der Waals surface area (Å²) in [7, 11) is 0. The van der Waals surface area contributed by atoms with E-state index in [2.05, 4.69) is 37.5 Å². The van der Waals surface area contributed by atoms with Gasteiger partial charge >= 0.3 is 5.97 Å². The zero-order chi connectivity index (χ0) is 33.6. The third kappa shape index (κ3) is 7.99. The molecule has 47 heavy (non-hydrogen) atoms. The zero-order valence-corrected chi connectivity index (χ0v) is 26.5. The molecule has 7 nitrogen and oxygen atoms in total. The van der Waals surface area contributed by atoms with Crippen LogP contribution in [0.3, 0.4) is 0 Å². The van der Waals surface area contributed by atoms with Gasteiger partial charge in [-0.05, 0) is 75.2 Å². The molecule has 0 spiro atoms. The van der Waals surface area contributed by atoms with Crippen LogP contribution in [-0.4, -0.2) is 22.9 Å². The van der Waals surface area contributed by atoms with Crippen molar-refractivity contribution in [1.29, 1.82) is 5.26 Å². The fraction of sp³-hybridized carbons (Fsp3) is 0.150. The van der Waals surface area contributed by atoms with Crippen LogP contribution in [0, 0.1) is 11.3 Å². The fourth-order valence-electron chi connectivity index (χ4n) is 5.28. The van der Waals surface area contributed by atoms with E-state index in [0.29, 0.717) is 22.3 Å². The summed E-state index contributed by atoms with van der Waals surface area (Å²) in [6, 6.07) is 37.9. The van der Waals surface area contributed by atoms with Crippen LogP contribution in [0.5, 0.6) is 0 Å². The van der Waals surface area contributed by atoms with Gasteiger partial charge in [0, 0.05) is 5.56 Å².